The molecule has 22 heavy (non-hydrogen) atoms. The maximum Gasteiger partial charge on any atom is 0.310 e. The van der Waals surface area contributed by atoms with Gasteiger partial charge in [-0.1, -0.05) is 30.3 Å². The number of methoxy groups -OCH3 is 1. The van der Waals surface area contributed by atoms with Crippen LogP contribution in [-0.4, -0.2) is 25.2 Å². The molecule has 114 valence electrons. The Balaban J connectivity index is 2.12. The molecule has 3 rings (SSSR count). The van der Waals surface area contributed by atoms with Crippen LogP contribution in [0.4, 0.5) is 5.69 Å². The van der Waals surface area contributed by atoms with Gasteiger partial charge < -0.3 is 14.2 Å². The lowest BCUT2D eigenvalue weighted by atomic mass is 9.96. The first-order valence-corrected chi connectivity index (χ1v) is 6.84. The fourth-order valence-electron chi connectivity index (χ4n) is 2.60. The van der Waals surface area contributed by atoms with E-state index in [1.54, 1.807) is 12.1 Å². The summed E-state index contributed by atoms with van der Waals surface area (Å²) in [5, 5.41) is 11.0. The first-order chi connectivity index (χ1) is 10.7. The molecular formula is C16H15NO5. The van der Waals surface area contributed by atoms with Crippen molar-refractivity contribution in [2.75, 3.05) is 20.3 Å². The van der Waals surface area contributed by atoms with Crippen molar-refractivity contribution >= 4 is 5.69 Å². The van der Waals surface area contributed by atoms with Gasteiger partial charge in [0, 0.05) is 17.2 Å². The zero-order valence-electron chi connectivity index (χ0n) is 12.0. The van der Waals surface area contributed by atoms with E-state index in [4.69, 9.17) is 14.2 Å². The maximum absolute atomic E-state index is 11.0. The lowest BCUT2D eigenvalue weighted by Gasteiger charge is -2.28. The Morgan fingerprint density at radius 2 is 1.77 bits per heavy atom. The number of nitro groups is 1. The van der Waals surface area contributed by atoms with Gasteiger partial charge >= 0.3 is 5.69 Å². The van der Waals surface area contributed by atoms with Crippen LogP contribution in [0.1, 0.15) is 11.1 Å². The van der Waals surface area contributed by atoms with Gasteiger partial charge in [-0.2, -0.15) is 0 Å². The highest BCUT2D eigenvalue weighted by molar-refractivity contribution is 5.51. The summed E-state index contributed by atoms with van der Waals surface area (Å²) < 4.78 is 16.9. The van der Waals surface area contributed by atoms with Crippen LogP contribution in [0.25, 0.3) is 0 Å². The van der Waals surface area contributed by atoms with Gasteiger partial charge in [-0.15, -0.1) is 0 Å². The lowest BCUT2D eigenvalue weighted by Crippen LogP contribution is -2.28. The van der Waals surface area contributed by atoms with Crippen molar-refractivity contribution in [2.24, 2.45) is 0 Å². The minimum absolute atomic E-state index is 0.0903. The number of hydrogen-bond donors (Lipinski definition) is 0. The third-order valence-corrected chi connectivity index (χ3v) is 3.60. The number of rotatable bonds is 4. The van der Waals surface area contributed by atoms with Crippen molar-refractivity contribution in [1.29, 1.82) is 0 Å². The lowest BCUT2D eigenvalue weighted by molar-refractivity contribution is -0.385. The fourth-order valence-corrected chi connectivity index (χ4v) is 2.60. The molecule has 2 aromatic rings. The molecule has 0 atom stereocenters. The summed E-state index contributed by atoms with van der Waals surface area (Å²) in [6, 6.07) is 14.1. The first kappa shape index (κ1) is 14.5. The van der Waals surface area contributed by atoms with Crippen molar-refractivity contribution in [3.63, 3.8) is 0 Å². The molecule has 0 amide bonds. The van der Waals surface area contributed by atoms with E-state index >= 15 is 0 Å². The molecule has 6 nitrogen and oxygen atoms in total. The highest BCUT2D eigenvalue weighted by atomic mass is 16.7. The molecular weight excluding hydrogens is 286 g/mol. The fraction of sp³-hybridized carbons (Fsp3) is 0.250. The molecule has 0 aromatic heterocycles. The molecule has 0 unspecified atom stereocenters. The smallest absolute Gasteiger partial charge is 0.310 e. The molecule has 1 fully saturated rings. The second-order valence-electron chi connectivity index (χ2n) is 4.82. The first-order valence-electron chi connectivity index (χ1n) is 6.84. The summed E-state index contributed by atoms with van der Waals surface area (Å²) in [5.74, 6) is -0.874. The van der Waals surface area contributed by atoms with Crippen LogP contribution in [0.2, 0.25) is 0 Å². The van der Waals surface area contributed by atoms with E-state index in [1.807, 2.05) is 30.3 Å². The zero-order valence-corrected chi connectivity index (χ0v) is 12.0. The Morgan fingerprint density at radius 3 is 2.36 bits per heavy atom. The summed E-state index contributed by atoms with van der Waals surface area (Å²) in [4.78, 5) is 10.5. The minimum atomic E-state index is -1.05. The van der Waals surface area contributed by atoms with Gasteiger partial charge in [0.25, 0.3) is 0 Å². The summed E-state index contributed by atoms with van der Waals surface area (Å²) in [7, 11) is 1.40. The van der Waals surface area contributed by atoms with E-state index in [0.29, 0.717) is 18.8 Å². The molecule has 6 heteroatoms. The minimum Gasteiger partial charge on any atom is -0.490 e. The van der Waals surface area contributed by atoms with Crippen LogP contribution >= 0.6 is 0 Å². The van der Waals surface area contributed by atoms with E-state index < -0.39 is 10.7 Å². The Labute approximate surface area is 127 Å². The average Bonchev–Trinajstić information content (AvgIpc) is 3.06. The maximum atomic E-state index is 11.0. The number of ether oxygens (including phenoxy) is 3. The molecule has 1 aliphatic rings. The summed E-state index contributed by atoms with van der Waals surface area (Å²) in [6.45, 7) is 0.905. The largest absolute Gasteiger partial charge is 0.490 e. The third kappa shape index (κ3) is 2.32. The monoisotopic (exact) mass is 301 g/mol. The Hall–Kier alpha value is -2.44. The second-order valence-corrected chi connectivity index (χ2v) is 4.82. The quantitative estimate of drug-likeness (QED) is 0.641. The van der Waals surface area contributed by atoms with Gasteiger partial charge in [0.15, 0.2) is 5.75 Å². The van der Waals surface area contributed by atoms with Crippen LogP contribution in [0.3, 0.4) is 0 Å². The zero-order chi connectivity index (χ0) is 15.6. The summed E-state index contributed by atoms with van der Waals surface area (Å²) in [6.07, 6.45) is 0. The normalized spacial score (nSPS) is 16.4. The van der Waals surface area contributed by atoms with Crippen molar-refractivity contribution in [3.8, 4) is 5.75 Å². The van der Waals surface area contributed by atoms with Crippen LogP contribution in [0, 0.1) is 10.1 Å². The molecule has 1 heterocycles. The van der Waals surface area contributed by atoms with E-state index in [1.165, 1.54) is 13.2 Å². The van der Waals surface area contributed by atoms with Crippen molar-refractivity contribution < 1.29 is 19.1 Å². The van der Waals surface area contributed by atoms with Crippen molar-refractivity contribution in [1.82, 2.24) is 0 Å². The predicted molar refractivity (Wildman–Crippen MR) is 78.8 cm³/mol. The average molecular weight is 301 g/mol. The molecule has 0 spiro atoms. The third-order valence-electron chi connectivity index (χ3n) is 3.60. The summed E-state index contributed by atoms with van der Waals surface area (Å²) >= 11 is 0. The van der Waals surface area contributed by atoms with Gasteiger partial charge in [0.1, 0.15) is 0 Å². The second kappa shape index (κ2) is 5.75. The van der Waals surface area contributed by atoms with Gasteiger partial charge in [-0.05, 0) is 12.1 Å². The van der Waals surface area contributed by atoms with Gasteiger partial charge in [-0.3, -0.25) is 10.1 Å². The van der Waals surface area contributed by atoms with Gasteiger partial charge in [-0.25, -0.2) is 0 Å². The number of nitrogens with zero attached hydrogens (tertiary/aromatic N) is 1. The Bertz CT molecular complexity index is 680. The van der Waals surface area contributed by atoms with Gasteiger partial charge in [0.05, 0.1) is 25.2 Å². The number of nitro benzene ring substituents is 1. The molecule has 0 radical (unpaired) electrons. The summed E-state index contributed by atoms with van der Waals surface area (Å²) in [5.41, 5.74) is 1.41. The van der Waals surface area contributed by atoms with Gasteiger partial charge in [0.2, 0.25) is 5.79 Å². The van der Waals surface area contributed by atoms with Crippen LogP contribution < -0.4 is 4.74 Å². The molecule has 0 N–H and O–H groups in total. The molecule has 0 aliphatic carbocycles. The van der Waals surface area contributed by atoms with Crippen LogP contribution in [0.15, 0.2) is 48.5 Å². The Morgan fingerprint density at radius 1 is 1.09 bits per heavy atom. The molecule has 0 saturated carbocycles. The predicted octanol–water partition coefficient (Wildman–Crippen LogP) is 2.85. The van der Waals surface area contributed by atoms with Crippen molar-refractivity contribution in [3.05, 3.63) is 69.8 Å². The van der Waals surface area contributed by atoms with E-state index in [0.717, 1.165) is 5.56 Å². The number of hydrogen-bond acceptors (Lipinski definition) is 5. The molecule has 2 aromatic carbocycles. The molecule has 1 saturated heterocycles. The molecule has 1 aliphatic heterocycles. The SMILES string of the molecule is COc1cc(C2(c3ccccc3)OCCO2)ccc1[N+](=O)[O-]. The standard InChI is InChI=1S/C16H15NO5/c1-20-15-11-13(7-8-14(15)17(18)19)16(21-9-10-22-16)12-5-3-2-4-6-12/h2-8,11H,9-10H2,1H3. The Kier molecular flexibility index (Phi) is 3.79. The van der Waals surface area contributed by atoms with Crippen LogP contribution in [-0.2, 0) is 15.3 Å². The van der Waals surface area contributed by atoms with Crippen LogP contribution in [0.5, 0.6) is 5.75 Å². The topological polar surface area (TPSA) is 70.8 Å². The van der Waals surface area contributed by atoms with Crippen molar-refractivity contribution in [2.45, 2.75) is 5.79 Å². The molecule has 0 bridgehead atoms. The highest BCUT2D eigenvalue weighted by Crippen LogP contribution is 2.41. The highest BCUT2D eigenvalue weighted by Gasteiger charge is 2.41. The van der Waals surface area contributed by atoms with E-state index in [2.05, 4.69) is 0 Å². The van der Waals surface area contributed by atoms with E-state index in [-0.39, 0.29) is 11.4 Å². The number of benzene rings is 2. The van der Waals surface area contributed by atoms with E-state index in [9.17, 15) is 10.1 Å².